The number of rotatable bonds is 4. The van der Waals surface area contributed by atoms with E-state index in [1.807, 2.05) is 0 Å². The summed E-state index contributed by atoms with van der Waals surface area (Å²) < 4.78 is 27.0. The van der Waals surface area contributed by atoms with E-state index in [9.17, 15) is 8.42 Å². The van der Waals surface area contributed by atoms with Gasteiger partial charge in [0, 0.05) is 5.69 Å². The van der Waals surface area contributed by atoms with Gasteiger partial charge in [0.1, 0.15) is 4.21 Å². The summed E-state index contributed by atoms with van der Waals surface area (Å²) in [4.78, 5) is 0. The highest BCUT2D eigenvalue weighted by Gasteiger charge is 2.16. The van der Waals surface area contributed by atoms with Crippen molar-refractivity contribution in [1.82, 2.24) is 0 Å². The predicted octanol–water partition coefficient (Wildman–Crippen LogP) is 2.69. The fourth-order valence-electron chi connectivity index (χ4n) is 1.38. The van der Waals surface area contributed by atoms with E-state index in [0.29, 0.717) is 15.6 Å². The fraction of sp³-hybridized carbons (Fsp3) is 0.0909. The van der Waals surface area contributed by atoms with E-state index in [1.54, 1.807) is 24.3 Å². The molecule has 0 saturated carbocycles. The van der Waals surface area contributed by atoms with Crippen molar-refractivity contribution >= 4 is 38.6 Å². The quantitative estimate of drug-likeness (QED) is 0.912. The van der Waals surface area contributed by atoms with Gasteiger partial charge in [-0.2, -0.15) is 0 Å². The van der Waals surface area contributed by atoms with E-state index in [2.05, 4.69) is 4.72 Å². The Balaban J connectivity index is 2.27. The standard InChI is InChI=1S/C11H10ClNO3S2/c12-10-4-5-11(17-10)18(15,16)13-9-3-1-2-8(6-9)7-14/h1-6,13-14H,7H2. The molecule has 0 aliphatic heterocycles. The number of aliphatic hydroxyl groups excluding tert-OH is 1. The number of thiophene rings is 1. The van der Waals surface area contributed by atoms with Gasteiger partial charge >= 0.3 is 0 Å². The summed E-state index contributed by atoms with van der Waals surface area (Å²) in [5, 5.41) is 8.99. The lowest BCUT2D eigenvalue weighted by Gasteiger charge is -2.07. The van der Waals surface area contributed by atoms with Crippen LogP contribution in [0.1, 0.15) is 5.56 Å². The Morgan fingerprint density at radius 3 is 2.67 bits per heavy atom. The third-order valence-electron chi connectivity index (χ3n) is 2.18. The first-order valence-corrected chi connectivity index (χ1v) is 7.67. The van der Waals surface area contributed by atoms with Crippen molar-refractivity contribution < 1.29 is 13.5 Å². The number of nitrogens with one attached hydrogen (secondary N) is 1. The van der Waals surface area contributed by atoms with E-state index >= 15 is 0 Å². The van der Waals surface area contributed by atoms with Crippen LogP contribution in [0.3, 0.4) is 0 Å². The summed E-state index contributed by atoms with van der Waals surface area (Å²) in [7, 11) is -3.62. The van der Waals surface area contributed by atoms with Crippen LogP contribution in [0.15, 0.2) is 40.6 Å². The third-order valence-corrected chi connectivity index (χ3v) is 5.28. The lowest BCUT2D eigenvalue weighted by atomic mass is 10.2. The van der Waals surface area contributed by atoms with Crippen LogP contribution < -0.4 is 4.72 Å². The molecule has 0 radical (unpaired) electrons. The van der Waals surface area contributed by atoms with E-state index in [-0.39, 0.29) is 10.8 Å². The van der Waals surface area contributed by atoms with Gasteiger partial charge in [0.25, 0.3) is 10.0 Å². The van der Waals surface area contributed by atoms with Gasteiger partial charge in [0.15, 0.2) is 0 Å². The highest BCUT2D eigenvalue weighted by molar-refractivity contribution is 7.94. The zero-order valence-electron chi connectivity index (χ0n) is 9.13. The Morgan fingerprint density at radius 1 is 1.28 bits per heavy atom. The number of sulfonamides is 1. The topological polar surface area (TPSA) is 66.4 Å². The first-order chi connectivity index (χ1) is 8.51. The summed E-state index contributed by atoms with van der Waals surface area (Å²) in [6.45, 7) is -0.138. The lowest BCUT2D eigenvalue weighted by Crippen LogP contribution is -2.11. The molecule has 0 unspecified atom stereocenters. The second-order valence-electron chi connectivity index (χ2n) is 3.52. The normalized spacial score (nSPS) is 11.4. The summed E-state index contributed by atoms with van der Waals surface area (Å²) in [6, 6.07) is 9.56. The number of hydrogen-bond acceptors (Lipinski definition) is 4. The maximum Gasteiger partial charge on any atom is 0.271 e. The Morgan fingerprint density at radius 2 is 2.06 bits per heavy atom. The molecule has 0 aliphatic rings. The molecule has 0 fully saturated rings. The number of halogens is 1. The van der Waals surface area contributed by atoms with Gasteiger partial charge in [-0.15, -0.1) is 11.3 Å². The van der Waals surface area contributed by atoms with E-state index in [0.717, 1.165) is 11.3 Å². The third kappa shape index (κ3) is 3.02. The summed E-state index contributed by atoms with van der Waals surface area (Å²) in [6.07, 6.45) is 0. The van der Waals surface area contributed by atoms with Crippen molar-refractivity contribution in [3.05, 3.63) is 46.3 Å². The molecular weight excluding hydrogens is 294 g/mol. The van der Waals surface area contributed by atoms with Crippen LogP contribution in [0, 0.1) is 0 Å². The van der Waals surface area contributed by atoms with Crippen molar-refractivity contribution in [3.63, 3.8) is 0 Å². The Bertz CT molecular complexity index is 652. The van der Waals surface area contributed by atoms with Gasteiger partial charge in [0.05, 0.1) is 10.9 Å². The molecule has 1 heterocycles. The van der Waals surface area contributed by atoms with Crippen LogP contribution in [-0.4, -0.2) is 13.5 Å². The van der Waals surface area contributed by atoms with Crippen molar-refractivity contribution in [3.8, 4) is 0 Å². The van der Waals surface area contributed by atoms with E-state index < -0.39 is 10.0 Å². The average molecular weight is 304 g/mol. The lowest BCUT2D eigenvalue weighted by molar-refractivity contribution is 0.282. The molecule has 18 heavy (non-hydrogen) atoms. The molecule has 7 heteroatoms. The predicted molar refractivity (Wildman–Crippen MR) is 72.5 cm³/mol. The minimum Gasteiger partial charge on any atom is -0.392 e. The van der Waals surface area contributed by atoms with Crippen LogP contribution in [0.5, 0.6) is 0 Å². The first kappa shape index (κ1) is 13.4. The summed E-state index contributed by atoms with van der Waals surface area (Å²) >= 11 is 6.70. The van der Waals surface area contributed by atoms with Gasteiger partial charge in [-0.3, -0.25) is 4.72 Å². The molecule has 0 saturated heterocycles. The number of benzene rings is 1. The fourth-order valence-corrected chi connectivity index (χ4v) is 3.91. The van der Waals surface area contributed by atoms with Gasteiger partial charge < -0.3 is 5.11 Å². The first-order valence-electron chi connectivity index (χ1n) is 4.99. The zero-order chi connectivity index (χ0) is 13.2. The summed E-state index contributed by atoms with van der Waals surface area (Å²) in [5.41, 5.74) is 1.05. The van der Waals surface area contributed by atoms with Gasteiger partial charge in [-0.1, -0.05) is 23.7 Å². The molecule has 0 aliphatic carbocycles. The van der Waals surface area contributed by atoms with Crippen LogP contribution in [0.2, 0.25) is 4.34 Å². The molecule has 2 N–H and O–H groups in total. The second-order valence-corrected chi connectivity index (χ2v) is 7.15. The minimum absolute atomic E-state index is 0.138. The second kappa shape index (κ2) is 5.27. The molecule has 1 aromatic carbocycles. The molecular formula is C11H10ClNO3S2. The van der Waals surface area contributed by atoms with Crippen LogP contribution in [-0.2, 0) is 16.6 Å². The SMILES string of the molecule is O=S(=O)(Nc1cccc(CO)c1)c1ccc(Cl)s1. The number of hydrogen-bond donors (Lipinski definition) is 2. The molecule has 4 nitrogen and oxygen atoms in total. The van der Waals surface area contributed by atoms with Crippen LogP contribution in [0.25, 0.3) is 0 Å². The number of anilines is 1. The molecule has 0 atom stereocenters. The number of aliphatic hydroxyl groups is 1. The van der Waals surface area contributed by atoms with Crippen LogP contribution in [0.4, 0.5) is 5.69 Å². The van der Waals surface area contributed by atoms with Crippen LogP contribution >= 0.6 is 22.9 Å². The molecule has 1 aromatic heterocycles. The van der Waals surface area contributed by atoms with Crippen molar-refractivity contribution in [2.45, 2.75) is 10.8 Å². The summed E-state index contributed by atoms with van der Waals surface area (Å²) in [5.74, 6) is 0. The van der Waals surface area contributed by atoms with Crippen molar-refractivity contribution in [1.29, 1.82) is 0 Å². The van der Waals surface area contributed by atoms with E-state index in [1.165, 1.54) is 12.1 Å². The highest BCUT2D eigenvalue weighted by Crippen LogP contribution is 2.27. The monoisotopic (exact) mass is 303 g/mol. The maximum absolute atomic E-state index is 12.0. The zero-order valence-corrected chi connectivity index (χ0v) is 11.5. The van der Waals surface area contributed by atoms with Gasteiger partial charge in [-0.25, -0.2) is 8.42 Å². The molecule has 2 aromatic rings. The molecule has 2 rings (SSSR count). The highest BCUT2D eigenvalue weighted by atomic mass is 35.5. The largest absolute Gasteiger partial charge is 0.392 e. The van der Waals surface area contributed by atoms with Gasteiger partial charge in [0.2, 0.25) is 0 Å². The Hall–Kier alpha value is -1.08. The Labute approximate surface area is 114 Å². The van der Waals surface area contributed by atoms with Gasteiger partial charge in [-0.05, 0) is 29.8 Å². The average Bonchev–Trinajstić information content (AvgIpc) is 2.76. The van der Waals surface area contributed by atoms with E-state index in [4.69, 9.17) is 16.7 Å². The molecule has 96 valence electrons. The molecule has 0 amide bonds. The molecule has 0 spiro atoms. The Kier molecular flexibility index (Phi) is 3.91. The minimum atomic E-state index is -3.62. The maximum atomic E-state index is 12.0. The van der Waals surface area contributed by atoms with Crippen molar-refractivity contribution in [2.24, 2.45) is 0 Å². The van der Waals surface area contributed by atoms with Crippen molar-refractivity contribution in [2.75, 3.05) is 4.72 Å². The smallest absolute Gasteiger partial charge is 0.271 e. The molecule has 0 bridgehead atoms.